The lowest BCUT2D eigenvalue weighted by molar-refractivity contribution is 0.309. The molecule has 0 aliphatic carbocycles. The summed E-state index contributed by atoms with van der Waals surface area (Å²) in [7, 11) is 1.92. The molecule has 15 heavy (non-hydrogen) atoms. The van der Waals surface area contributed by atoms with Crippen LogP contribution in [0.1, 0.15) is 5.69 Å². The predicted molar refractivity (Wildman–Crippen MR) is 58.8 cm³/mol. The molecule has 3 N–H and O–H groups in total. The van der Waals surface area contributed by atoms with Crippen LogP contribution in [0.5, 0.6) is 0 Å². The van der Waals surface area contributed by atoms with Crippen molar-refractivity contribution in [3.63, 3.8) is 0 Å². The van der Waals surface area contributed by atoms with Crippen LogP contribution in [0.4, 0.5) is 0 Å². The molecule has 5 heteroatoms. The number of aromatic nitrogens is 1. The molecule has 0 atom stereocenters. The molecule has 0 bridgehead atoms. The van der Waals surface area contributed by atoms with Crippen molar-refractivity contribution >= 4 is 5.84 Å². The Bertz CT molecular complexity index is 312. The minimum absolute atomic E-state index is 0.221. The average molecular weight is 208 g/mol. The molecular formula is C10H16N4O. The standard InChI is InChI=1S/C10H16N4O/c1-14(8-10(11)13-15)7-5-9-4-2-3-6-12-9/h2-4,6,15H,5,7-8H2,1H3,(H2,11,13). The van der Waals surface area contributed by atoms with E-state index in [9.17, 15) is 0 Å². The third-order valence-corrected chi connectivity index (χ3v) is 2.04. The molecule has 1 heterocycles. The van der Waals surface area contributed by atoms with Gasteiger partial charge in [-0.15, -0.1) is 0 Å². The van der Waals surface area contributed by atoms with Gasteiger partial charge in [-0.25, -0.2) is 0 Å². The molecule has 0 aliphatic rings. The van der Waals surface area contributed by atoms with E-state index in [1.807, 2.05) is 30.1 Å². The highest BCUT2D eigenvalue weighted by Gasteiger charge is 2.02. The molecule has 0 aromatic carbocycles. The fourth-order valence-corrected chi connectivity index (χ4v) is 1.24. The first-order valence-corrected chi connectivity index (χ1v) is 4.77. The first-order valence-electron chi connectivity index (χ1n) is 4.77. The molecule has 0 spiro atoms. The number of pyridine rings is 1. The van der Waals surface area contributed by atoms with Crippen LogP contribution in [-0.4, -0.2) is 41.1 Å². The second kappa shape index (κ2) is 5.98. The zero-order chi connectivity index (χ0) is 11.1. The topological polar surface area (TPSA) is 74.7 Å². The molecule has 0 aliphatic heterocycles. The molecule has 1 rings (SSSR count). The van der Waals surface area contributed by atoms with Crippen LogP contribution < -0.4 is 5.73 Å². The molecule has 0 saturated heterocycles. The van der Waals surface area contributed by atoms with Crippen LogP contribution in [0.25, 0.3) is 0 Å². The van der Waals surface area contributed by atoms with Crippen molar-refractivity contribution in [2.24, 2.45) is 10.9 Å². The van der Waals surface area contributed by atoms with Crippen molar-refractivity contribution in [1.82, 2.24) is 9.88 Å². The van der Waals surface area contributed by atoms with Crippen LogP contribution in [0, 0.1) is 0 Å². The number of nitrogens with zero attached hydrogens (tertiary/aromatic N) is 3. The highest BCUT2D eigenvalue weighted by Crippen LogP contribution is 1.96. The molecule has 0 unspecified atom stereocenters. The molecule has 0 amide bonds. The van der Waals surface area contributed by atoms with Gasteiger partial charge in [0, 0.05) is 24.9 Å². The van der Waals surface area contributed by atoms with Gasteiger partial charge in [-0.1, -0.05) is 11.2 Å². The van der Waals surface area contributed by atoms with Gasteiger partial charge in [-0.2, -0.15) is 0 Å². The number of amidine groups is 1. The van der Waals surface area contributed by atoms with Crippen LogP contribution in [0.15, 0.2) is 29.6 Å². The van der Waals surface area contributed by atoms with Crippen molar-refractivity contribution in [3.8, 4) is 0 Å². The zero-order valence-corrected chi connectivity index (χ0v) is 8.80. The maximum absolute atomic E-state index is 8.39. The molecule has 82 valence electrons. The van der Waals surface area contributed by atoms with E-state index in [0.29, 0.717) is 6.54 Å². The van der Waals surface area contributed by atoms with Crippen molar-refractivity contribution in [2.45, 2.75) is 6.42 Å². The van der Waals surface area contributed by atoms with Crippen LogP contribution in [-0.2, 0) is 6.42 Å². The van der Waals surface area contributed by atoms with Gasteiger partial charge in [0.2, 0.25) is 0 Å². The van der Waals surface area contributed by atoms with E-state index in [1.165, 1.54) is 0 Å². The molecule has 0 radical (unpaired) electrons. The van der Waals surface area contributed by atoms with Gasteiger partial charge in [0.15, 0.2) is 5.84 Å². The third kappa shape index (κ3) is 4.42. The Morgan fingerprint density at radius 2 is 2.40 bits per heavy atom. The fourth-order valence-electron chi connectivity index (χ4n) is 1.24. The number of hydrogen-bond acceptors (Lipinski definition) is 4. The first kappa shape index (κ1) is 11.5. The minimum atomic E-state index is 0.221. The largest absolute Gasteiger partial charge is 0.409 e. The van der Waals surface area contributed by atoms with E-state index in [1.54, 1.807) is 6.20 Å². The lowest BCUT2D eigenvalue weighted by Gasteiger charge is -2.14. The Labute approximate surface area is 89.2 Å². The molecular weight excluding hydrogens is 192 g/mol. The third-order valence-electron chi connectivity index (χ3n) is 2.04. The zero-order valence-electron chi connectivity index (χ0n) is 8.80. The second-order valence-corrected chi connectivity index (χ2v) is 3.40. The first-order chi connectivity index (χ1) is 7.22. The Kier molecular flexibility index (Phi) is 4.56. The fraction of sp³-hybridized carbons (Fsp3) is 0.400. The van der Waals surface area contributed by atoms with Gasteiger partial charge in [-0.3, -0.25) is 9.88 Å². The number of oxime groups is 1. The maximum Gasteiger partial charge on any atom is 0.153 e. The predicted octanol–water partition coefficient (Wildman–Crippen LogP) is 0.302. The lowest BCUT2D eigenvalue weighted by atomic mass is 10.2. The van der Waals surface area contributed by atoms with Gasteiger partial charge in [0.05, 0.1) is 6.54 Å². The van der Waals surface area contributed by atoms with E-state index < -0.39 is 0 Å². The summed E-state index contributed by atoms with van der Waals surface area (Å²) in [5, 5.41) is 11.3. The minimum Gasteiger partial charge on any atom is -0.409 e. The SMILES string of the molecule is CN(CCc1ccccn1)C/C(N)=N/O. The van der Waals surface area contributed by atoms with Crippen molar-refractivity contribution in [1.29, 1.82) is 0 Å². The maximum atomic E-state index is 8.39. The van der Waals surface area contributed by atoms with Gasteiger partial charge in [0.25, 0.3) is 0 Å². The van der Waals surface area contributed by atoms with E-state index >= 15 is 0 Å². The van der Waals surface area contributed by atoms with E-state index in [4.69, 9.17) is 10.9 Å². The molecule has 0 fully saturated rings. The molecule has 1 aromatic rings. The van der Waals surface area contributed by atoms with Crippen molar-refractivity contribution in [2.75, 3.05) is 20.1 Å². The van der Waals surface area contributed by atoms with Crippen LogP contribution in [0.2, 0.25) is 0 Å². The van der Waals surface area contributed by atoms with Gasteiger partial charge < -0.3 is 10.9 Å². The smallest absolute Gasteiger partial charge is 0.153 e. The highest BCUT2D eigenvalue weighted by atomic mass is 16.4. The van der Waals surface area contributed by atoms with Crippen LogP contribution >= 0.6 is 0 Å². The summed E-state index contributed by atoms with van der Waals surface area (Å²) in [6.45, 7) is 1.29. The highest BCUT2D eigenvalue weighted by molar-refractivity contribution is 5.81. The number of likely N-dealkylation sites (N-methyl/N-ethyl adjacent to an activating group) is 1. The van der Waals surface area contributed by atoms with Crippen LogP contribution in [0.3, 0.4) is 0 Å². The molecule has 5 nitrogen and oxygen atoms in total. The van der Waals surface area contributed by atoms with Gasteiger partial charge in [0.1, 0.15) is 0 Å². The average Bonchev–Trinajstić information content (AvgIpc) is 2.27. The van der Waals surface area contributed by atoms with Crippen molar-refractivity contribution < 1.29 is 5.21 Å². The summed E-state index contributed by atoms with van der Waals surface area (Å²) in [6.07, 6.45) is 2.63. The summed E-state index contributed by atoms with van der Waals surface area (Å²) in [5.74, 6) is 0.221. The van der Waals surface area contributed by atoms with Gasteiger partial charge >= 0.3 is 0 Å². The van der Waals surface area contributed by atoms with E-state index in [0.717, 1.165) is 18.7 Å². The monoisotopic (exact) mass is 208 g/mol. The Balaban J connectivity index is 2.31. The Morgan fingerprint density at radius 3 is 3.00 bits per heavy atom. The second-order valence-electron chi connectivity index (χ2n) is 3.40. The van der Waals surface area contributed by atoms with Crippen molar-refractivity contribution in [3.05, 3.63) is 30.1 Å². The normalized spacial score (nSPS) is 12.0. The Morgan fingerprint density at radius 1 is 1.60 bits per heavy atom. The van der Waals surface area contributed by atoms with E-state index in [-0.39, 0.29) is 5.84 Å². The Hall–Kier alpha value is -1.62. The van der Waals surface area contributed by atoms with E-state index in [2.05, 4.69) is 10.1 Å². The quantitative estimate of drug-likeness (QED) is 0.316. The number of rotatable bonds is 5. The number of hydrogen-bond donors (Lipinski definition) is 2. The summed E-state index contributed by atoms with van der Waals surface area (Å²) in [6, 6.07) is 5.84. The summed E-state index contributed by atoms with van der Waals surface area (Å²) < 4.78 is 0. The lowest BCUT2D eigenvalue weighted by Crippen LogP contribution is -2.32. The molecule has 1 aromatic heterocycles. The summed E-state index contributed by atoms with van der Waals surface area (Å²) in [4.78, 5) is 6.19. The number of nitrogens with two attached hydrogens (primary N) is 1. The molecule has 0 saturated carbocycles. The summed E-state index contributed by atoms with van der Waals surface area (Å²) in [5.41, 5.74) is 6.43. The van der Waals surface area contributed by atoms with Gasteiger partial charge in [-0.05, 0) is 19.2 Å². The summed E-state index contributed by atoms with van der Waals surface area (Å²) >= 11 is 0.